The summed E-state index contributed by atoms with van der Waals surface area (Å²) in [7, 11) is 0. The Balaban J connectivity index is 2.28. The fourth-order valence-electron chi connectivity index (χ4n) is 2.19. The highest BCUT2D eigenvalue weighted by atomic mass is 79.9. The lowest BCUT2D eigenvalue weighted by Gasteiger charge is -2.33. The number of piperazine rings is 1. The van der Waals surface area contributed by atoms with Crippen molar-refractivity contribution >= 4 is 27.8 Å². The molecule has 6 heteroatoms. The van der Waals surface area contributed by atoms with Crippen LogP contribution in [0, 0.1) is 6.92 Å². The van der Waals surface area contributed by atoms with Crippen LogP contribution in [0.4, 0.5) is 0 Å². The molecule has 0 spiro atoms. The summed E-state index contributed by atoms with van der Waals surface area (Å²) in [6, 6.07) is 4.57. The molecule has 1 aliphatic rings. The number of carboxylic acids is 1. The van der Waals surface area contributed by atoms with E-state index in [4.69, 9.17) is 0 Å². The van der Waals surface area contributed by atoms with E-state index in [2.05, 4.69) is 21.2 Å². The first kappa shape index (κ1) is 14.0. The molecular formula is C13H15BrN2O3. The molecule has 1 amide bonds. The Hall–Kier alpha value is -1.40. The average molecular weight is 327 g/mol. The second-order valence-corrected chi connectivity index (χ2v) is 5.43. The fourth-order valence-corrected chi connectivity index (χ4v) is 2.67. The molecule has 1 aliphatic heterocycles. The van der Waals surface area contributed by atoms with Gasteiger partial charge in [0.15, 0.2) is 0 Å². The van der Waals surface area contributed by atoms with Gasteiger partial charge in [0.05, 0.1) is 0 Å². The maximum atomic E-state index is 12.5. The number of nitrogens with one attached hydrogen (secondary N) is 1. The molecule has 1 aromatic rings. The van der Waals surface area contributed by atoms with Crippen LogP contribution >= 0.6 is 15.9 Å². The van der Waals surface area contributed by atoms with Gasteiger partial charge in [0.1, 0.15) is 6.04 Å². The Labute approximate surface area is 119 Å². The number of benzene rings is 1. The topological polar surface area (TPSA) is 69.6 Å². The number of carbonyl (C=O) groups excluding carboxylic acids is 1. The zero-order valence-electron chi connectivity index (χ0n) is 10.5. The van der Waals surface area contributed by atoms with Crippen molar-refractivity contribution < 1.29 is 14.7 Å². The van der Waals surface area contributed by atoms with Gasteiger partial charge in [-0.25, -0.2) is 4.79 Å². The smallest absolute Gasteiger partial charge is 0.327 e. The van der Waals surface area contributed by atoms with E-state index in [1.54, 1.807) is 12.1 Å². The molecule has 1 unspecified atom stereocenters. The largest absolute Gasteiger partial charge is 0.480 e. The molecule has 1 atom stereocenters. The molecular weight excluding hydrogens is 312 g/mol. The Bertz CT molecular complexity index is 519. The number of carboxylic acid groups (broad SMARTS) is 1. The second-order valence-electron chi connectivity index (χ2n) is 4.52. The van der Waals surface area contributed by atoms with Crippen molar-refractivity contribution in [2.75, 3.05) is 19.6 Å². The van der Waals surface area contributed by atoms with Crippen LogP contribution < -0.4 is 5.32 Å². The van der Waals surface area contributed by atoms with Crippen molar-refractivity contribution in [1.82, 2.24) is 10.2 Å². The minimum Gasteiger partial charge on any atom is -0.480 e. The number of aryl methyl sites for hydroxylation is 1. The molecule has 0 bridgehead atoms. The second kappa shape index (κ2) is 5.71. The SMILES string of the molecule is Cc1cc(Br)ccc1C(=O)N1CCNCC1C(=O)O. The summed E-state index contributed by atoms with van der Waals surface area (Å²) in [5.74, 6) is -1.20. The van der Waals surface area contributed by atoms with Gasteiger partial charge in [-0.3, -0.25) is 4.79 Å². The van der Waals surface area contributed by atoms with Crippen LogP contribution in [0.2, 0.25) is 0 Å². The van der Waals surface area contributed by atoms with Gasteiger partial charge in [0.25, 0.3) is 5.91 Å². The first-order chi connectivity index (χ1) is 9.00. The zero-order chi connectivity index (χ0) is 14.0. The molecule has 19 heavy (non-hydrogen) atoms. The van der Waals surface area contributed by atoms with E-state index in [0.29, 0.717) is 18.7 Å². The summed E-state index contributed by atoms with van der Waals surface area (Å²) in [6.45, 7) is 3.16. The van der Waals surface area contributed by atoms with Gasteiger partial charge in [-0.15, -0.1) is 0 Å². The lowest BCUT2D eigenvalue weighted by Crippen LogP contribution is -2.57. The minimum atomic E-state index is -0.977. The van der Waals surface area contributed by atoms with Crippen molar-refractivity contribution in [2.24, 2.45) is 0 Å². The van der Waals surface area contributed by atoms with Crippen LogP contribution in [-0.2, 0) is 4.79 Å². The number of hydrogen-bond donors (Lipinski definition) is 2. The van der Waals surface area contributed by atoms with E-state index in [-0.39, 0.29) is 12.5 Å². The molecule has 1 saturated heterocycles. The molecule has 2 rings (SSSR count). The first-order valence-corrected chi connectivity index (χ1v) is 6.80. The van der Waals surface area contributed by atoms with Crippen molar-refractivity contribution in [3.05, 3.63) is 33.8 Å². The number of hydrogen-bond acceptors (Lipinski definition) is 3. The molecule has 0 aromatic heterocycles. The zero-order valence-corrected chi connectivity index (χ0v) is 12.1. The molecule has 1 aromatic carbocycles. The number of carbonyl (C=O) groups is 2. The maximum Gasteiger partial charge on any atom is 0.327 e. The van der Waals surface area contributed by atoms with E-state index in [1.807, 2.05) is 13.0 Å². The van der Waals surface area contributed by atoms with Crippen molar-refractivity contribution in [3.63, 3.8) is 0 Å². The summed E-state index contributed by atoms with van der Waals surface area (Å²) in [4.78, 5) is 25.1. The van der Waals surface area contributed by atoms with Crippen LogP contribution in [0.3, 0.4) is 0 Å². The van der Waals surface area contributed by atoms with Gasteiger partial charge in [-0.05, 0) is 30.7 Å². The summed E-state index contributed by atoms with van der Waals surface area (Å²) in [6.07, 6.45) is 0. The quantitative estimate of drug-likeness (QED) is 0.858. The first-order valence-electron chi connectivity index (χ1n) is 6.01. The Morgan fingerprint density at radius 2 is 2.21 bits per heavy atom. The van der Waals surface area contributed by atoms with E-state index in [0.717, 1.165) is 10.0 Å². The molecule has 1 heterocycles. The Morgan fingerprint density at radius 3 is 2.84 bits per heavy atom. The van der Waals surface area contributed by atoms with Gasteiger partial charge in [-0.1, -0.05) is 15.9 Å². The number of rotatable bonds is 2. The van der Waals surface area contributed by atoms with Gasteiger partial charge < -0.3 is 15.3 Å². The van der Waals surface area contributed by atoms with Crippen molar-refractivity contribution in [1.29, 1.82) is 0 Å². The van der Waals surface area contributed by atoms with E-state index < -0.39 is 12.0 Å². The Morgan fingerprint density at radius 1 is 1.47 bits per heavy atom. The molecule has 5 nitrogen and oxygen atoms in total. The van der Waals surface area contributed by atoms with Gasteiger partial charge in [0, 0.05) is 29.7 Å². The van der Waals surface area contributed by atoms with Gasteiger partial charge >= 0.3 is 5.97 Å². The highest BCUT2D eigenvalue weighted by molar-refractivity contribution is 9.10. The molecule has 0 radical (unpaired) electrons. The molecule has 2 N–H and O–H groups in total. The van der Waals surface area contributed by atoms with Crippen molar-refractivity contribution in [2.45, 2.75) is 13.0 Å². The number of aliphatic carboxylic acids is 1. The molecule has 1 fully saturated rings. The highest BCUT2D eigenvalue weighted by Crippen LogP contribution is 2.19. The standard InChI is InChI=1S/C13H15BrN2O3/c1-8-6-9(14)2-3-10(8)12(17)16-5-4-15-7-11(16)13(18)19/h2-3,6,11,15H,4-5,7H2,1H3,(H,18,19). The fraction of sp³-hybridized carbons (Fsp3) is 0.385. The lowest BCUT2D eigenvalue weighted by atomic mass is 10.1. The normalized spacial score (nSPS) is 19.3. The Kier molecular flexibility index (Phi) is 4.21. The predicted molar refractivity (Wildman–Crippen MR) is 74.2 cm³/mol. The van der Waals surface area contributed by atoms with E-state index >= 15 is 0 Å². The van der Waals surface area contributed by atoms with Crippen LogP contribution in [-0.4, -0.2) is 47.6 Å². The highest BCUT2D eigenvalue weighted by Gasteiger charge is 2.32. The molecule has 0 saturated carbocycles. The van der Waals surface area contributed by atoms with E-state index in [1.165, 1.54) is 4.90 Å². The molecule has 102 valence electrons. The number of halogens is 1. The third-order valence-corrected chi connectivity index (χ3v) is 3.70. The van der Waals surface area contributed by atoms with Crippen LogP contribution in [0.15, 0.2) is 22.7 Å². The molecule has 0 aliphatic carbocycles. The van der Waals surface area contributed by atoms with Crippen molar-refractivity contribution in [3.8, 4) is 0 Å². The third kappa shape index (κ3) is 2.96. The predicted octanol–water partition coefficient (Wildman–Crippen LogP) is 1.26. The van der Waals surface area contributed by atoms with Crippen LogP contribution in [0.1, 0.15) is 15.9 Å². The number of amides is 1. The summed E-state index contributed by atoms with van der Waals surface area (Å²) >= 11 is 3.35. The monoisotopic (exact) mass is 326 g/mol. The van der Waals surface area contributed by atoms with Crippen LogP contribution in [0.5, 0.6) is 0 Å². The van der Waals surface area contributed by atoms with E-state index in [9.17, 15) is 14.7 Å². The summed E-state index contributed by atoms with van der Waals surface area (Å²) in [5, 5.41) is 12.2. The number of nitrogens with zero attached hydrogens (tertiary/aromatic N) is 1. The minimum absolute atomic E-state index is 0.223. The third-order valence-electron chi connectivity index (χ3n) is 3.21. The lowest BCUT2D eigenvalue weighted by molar-refractivity contribution is -0.142. The summed E-state index contributed by atoms with van der Waals surface area (Å²) in [5.41, 5.74) is 1.39. The summed E-state index contributed by atoms with van der Waals surface area (Å²) < 4.78 is 0.900. The van der Waals surface area contributed by atoms with Crippen LogP contribution in [0.25, 0.3) is 0 Å². The van der Waals surface area contributed by atoms with Gasteiger partial charge in [0.2, 0.25) is 0 Å². The average Bonchev–Trinajstić information content (AvgIpc) is 2.38. The maximum absolute atomic E-state index is 12.5. The van der Waals surface area contributed by atoms with Gasteiger partial charge in [-0.2, -0.15) is 0 Å².